The molecule has 1 aromatic carbocycles. The highest BCUT2D eigenvalue weighted by atomic mass is 19.1. The summed E-state index contributed by atoms with van der Waals surface area (Å²) in [4.78, 5) is 4.26. The SMILES string of the molecule is Fc1ccccc1Cc1nc(C2CC2)no1. The topological polar surface area (TPSA) is 38.9 Å². The second kappa shape index (κ2) is 3.70. The predicted octanol–water partition coefficient (Wildman–Crippen LogP) is 2.68. The molecule has 0 atom stereocenters. The molecule has 1 fully saturated rings. The quantitative estimate of drug-likeness (QED) is 0.795. The van der Waals surface area contributed by atoms with Crippen molar-refractivity contribution in [3.05, 3.63) is 47.4 Å². The monoisotopic (exact) mass is 218 g/mol. The summed E-state index contributed by atoms with van der Waals surface area (Å²) in [6.07, 6.45) is 2.64. The fraction of sp³-hybridized carbons (Fsp3) is 0.333. The molecule has 0 bridgehead atoms. The Morgan fingerprint density at radius 2 is 2.12 bits per heavy atom. The van der Waals surface area contributed by atoms with Crippen LogP contribution in [0.4, 0.5) is 4.39 Å². The first-order valence-electron chi connectivity index (χ1n) is 5.39. The van der Waals surface area contributed by atoms with E-state index in [1.165, 1.54) is 6.07 Å². The van der Waals surface area contributed by atoms with Gasteiger partial charge in [0.15, 0.2) is 5.82 Å². The Kier molecular flexibility index (Phi) is 2.20. The number of hydrogen-bond donors (Lipinski definition) is 0. The molecule has 0 N–H and O–H groups in total. The third kappa shape index (κ3) is 1.83. The molecule has 1 heterocycles. The van der Waals surface area contributed by atoms with Crippen LogP contribution in [0.3, 0.4) is 0 Å². The molecule has 3 rings (SSSR count). The van der Waals surface area contributed by atoms with Crippen molar-refractivity contribution in [2.45, 2.75) is 25.2 Å². The molecular formula is C12H11FN2O. The van der Waals surface area contributed by atoms with Crippen molar-refractivity contribution >= 4 is 0 Å². The lowest BCUT2D eigenvalue weighted by atomic mass is 10.1. The maximum atomic E-state index is 13.4. The van der Waals surface area contributed by atoms with Crippen LogP contribution in [0.15, 0.2) is 28.8 Å². The van der Waals surface area contributed by atoms with Gasteiger partial charge in [0.1, 0.15) is 5.82 Å². The largest absolute Gasteiger partial charge is 0.339 e. The lowest BCUT2D eigenvalue weighted by Crippen LogP contribution is -1.92. The van der Waals surface area contributed by atoms with Crippen LogP contribution in [-0.2, 0) is 6.42 Å². The van der Waals surface area contributed by atoms with Gasteiger partial charge in [0.05, 0.1) is 6.42 Å². The normalized spacial score (nSPS) is 15.3. The summed E-state index contributed by atoms with van der Waals surface area (Å²) in [5.41, 5.74) is 0.591. The van der Waals surface area contributed by atoms with E-state index in [0.717, 1.165) is 18.7 Å². The number of hydrogen-bond acceptors (Lipinski definition) is 3. The molecule has 0 amide bonds. The minimum atomic E-state index is -0.228. The number of benzene rings is 1. The van der Waals surface area contributed by atoms with Gasteiger partial charge in [-0.2, -0.15) is 4.98 Å². The van der Waals surface area contributed by atoms with Crippen molar-refractivity contribution in [2.75, 3.05) is 0 Å². The fourth-order valence-corrected chi connectivity index (χ4v) is 1.65. The highest BCUT2D eigenvalue weighted by Gasteiger charge is 2.28. The van der Waals surface area contributed by atoms with E-state index in [4.69, 9.17) is 4.52 Å². The molecule has 0 unspecified atom stereocenters. The Bertz CT molecular complexity index is 505. The van der Waals surface area contributed by atoms with Crippen LogP contribution in [-0.4, -0.2) is 10.1 Å². The summed E-state index contributed by atoms with van der Waals surface area (Å²) in [6.45, 7) is 0. The van der Waals surface area contributed by atoms with E-state index in [-0.39, 0.29) is 5.82 Å². The first kappa shape index (κ1) is 9.51. The lowest BCUT2D eigenvalue weighted by molar-refractivity contribution is 0.378. The zero-order valence-electron chi connectivity index (χ0n) is 8.69. The van der Waals surface area contributed by atoms with Crippen molar-refractivity contribution in [1.82, 2.24) is 10.1 Å². The Morgan fingerprint density at radius 3 is 2.88 bits per heavy atom. The smallest absolute Gasteiger partial charge is 0.231 e. The van der Waals surface area contributed by atoms with Crippen LogP contribution in [0.25, 0.3) is 0 Å². The molecule has 1 saturated carbocycles. The van der Waals surface area contributed by atoms with Gasteiger partial charge in [-0.1, -0.05) is 23.4 Å². The van der Waals surface area contributed by atoms with E-state index in [2.05, 4.69) is 10.1 Å². The Morgan fingerprint density at radius 1 is 1.31 bits per heavy atom. The molecule has 1 aliphatic rings. The lowest BCUT2D eigenvalue weighted by Gasteiger charge is -1.97. The van der Waals surface area contributed by atoms with E-state index in [1.54, 1.807) is 18.2 Å². The van der Waals surface area contributed by atoms with Gasteiger partial charge in [0.2, 0.25) is 5.89 Å². The third-order valence-electron chi connectivity index (χ3n) is 2.73. The van der Waals surface area contributed by atoms with Crippen molar-refractivity contribution < 1.29 is 8.91 Å². The average Bonchev–Trinajstić information content (AvgIpc) is 3.03. The first-order chi connectivity index (χ1) is 7.83. The molecule has 1 aliphatic carbocycles. The molecule has 0 radical (unpaired) electrons. The van der Waals surface area contributed by atoms with Crippen molar-refractivity contribution in [3.8, 4) is 0 Å². The van der Waals surface area contributed by atoms with E-state index >= 15 is 0 Å². The van der Waals surface area contributed by atoms with E-state index < -0.39 is 0 Å². The van der Waals surface area contributed by atoms with Crippen LogP contribution in [0, 0.1) is 5.82 Å². The summed E-state index contributed by atoms with van der Waals surface area (Å²) >= 11 is 0. The van der Waals surface area contributed by atoms with E-state index in [1.807, 2.05) is 0 Å². The summed E-state index contributed by atoms with van der Waals surface area (Å²) in [7, 11) is 0. The van der Waals surface area contributed by atoms with Gasteiger partial charge in [0, 0.05) is 5.92 Å². The van der Waals surface area contributed by atoms with Crippen molar-refractivity contribution in [3.63, 3.8) is 0 Å². The van der Waals surface area contributed by atoms with Gasteiger partial charge in [-0.15, -0.1) is 0 Å². The molecule has 0 saturated heterocycles. The molecule has 2 aromatic rings. The summed E-state index contributed by atoms with van der Waals surface area (Å²) in [5, 5.41) is 3.90. The van der Waals surface area contributed by atoms with Crippen molar-refractivity contribution in [1.29, 1.82) is 0 Å². The zero-order valence-corrected chi connectivity index (χ0v) is 8.69. The average molecular weight is 218 g/mol. The van der Waals surface area contributed by atoms with Crippen molar-refractivity contribution in [2.24, 2.45) is 0 Å². The maximum Gasteiger partial charge on any atom is 0.231 e. The Hall–Kier alpha value is -1.71. The second-order valence-electron chi connectivity index (χ2n) is 4.09. The Labute approximate surface area is 92.3 Å². The number of halogens is 1. The number of rotatable bonds is 3. The van der Waals surface area contributed by atoms with Crippen LogP contribution >= 0.6 is 0 Å². The van der Waals surface area contributed by atoms with Gasteiger partial charge in [-0.3, -0.25) is 0 Å². The summed E-state index contributed by atoms with van der Waals surface area (Å²) in [6, 6.07) is 6.64. The van der Waals surface area contributed by atoms with Crippen LogP contribution < -0.4 is 0 Å². The minimum absolute atomic E-state index is 0.228. The van der Waals surface area contributed by atoms with Gasteiger partial charge < -0.3 is 4.52 Å². The standard InChI is InChI=1S/C12H11FN2O/c13-10-4-2-1-3-9(10)7-11-14-12(15-16-11)8-5-6-8/h1-4,8H,5-7H2. The van der Waals surface area contributed by atoms with Crippen LogP contribution in [0.5, 0.6) is 0 Å². The predicted molar refractivity (Wildman–Crippen MR) is 55.5 cm³/mol. The minimum Gasteiger partial charge on any atom is -0.339 e. The Balaban J connectivity index is 1.80. The van der Waals surface area contributed by atoms with Gasteiger partial charge in [-0.25, -0.2) is 4.39 Å². The van der Waals surface area contributed by atoms with E-state index in [9.17, 15) is 4.39 Å². The fourth-order valence-electron chi connectivity index (χ4n) is 1.65. The highest BCUT2D eigenvalue weighted by molar-refractivity contribution is 5.20. The van der Waals surface area contributed by atoms with E-state index in [0.29, 0.717) is 23.8 Å². The molecule has 82 valence electrons. The van der Waals surface area contributed by atoms with Gasteiger partial charge >= 0.3 is 0 Å². The first-order valence-corrected chi connectivity index (χ1v) is 5.39. The molecule has 4 heteroatoms. The summed E-state index contributed by atoms with van der Waals surface area (Å²) in [5.74, 6) is 1.50. The third-order valence-corrected chi connectivity index (χ3v) is 2.73. The molecular weight excluding hydrogens is 207 g/mol. The molecule has 3 nitrogen and oxygen atoms in total. The number of nitrogens with zero attached hydrogens (tertiary/aromatic N) is 2. The number of aromatic nitrogens is 2. The molecule has 0 spiro atoms. The van der Waals surface area contributed by atoms with Gasteiger partial charge in [-0.05, 0) is 24.5 Å². The van der Waals surface area contributed by atoms with Crippen LogP contribution in [0.2, 0.25) is 0 Å². The summed E-state index contributed by atoms with van der Waals surface area (Å²) < 4.78 is 18.5. The maximum absolute atomic E-state index is 13.4. The van der Waals surface area contributed by atoms with Crippen LogP contribution in [0.1, 0.15) is 36.0 Å². The molecule has 1 aromatic heterocycles. The second-order valence-corrected chi connectivity index (χ2v) is 4.09. The van der Waals surface area contributed by atoms with Gasteiger partial charge in [0.25, 0.3) is 0 Å². The molecule has 16 heavy (non-hydrogen) atoms. The molecule has 0 aliphatic heterocycles. The zero-order chi connectivity index (χ0) is 11.0. The highest BCUT2D eigenvalue weighted by Crippen LogP contribution is 2.38.